The van der Waals surface area contributed by atoms with Gasteiger partial charge >= 0.3 is 0 Å². The molecule has 5 nitrogen and oxygen atoms in total. The van der Waals surface area contributed by atoms with Gasteiger partial charge in [-0.05, 0) is 42.3 Å². The molecule has 1 aromatic heterocycles. The van der Waals surface area contributed by atoms with Gasteiger partial charge in [0.1, 0.15) is 5.82 Å². The van der Waals surface area contributed by atoms with Crippen LogP contribution in [0, 0.1) is 0 Å². The predicted octanol–water partition coefficient (Wildman–Crippen LogP) is 3.41. The van der Waals surface area contributed by atoms with E-state index in [1.807, 2.05) is 60.7 Å². The highest BCUT2D eigenvalue weighted by atomic mass is 32.2. The zero-order valence-corrected chi connectivity index (χ0v) is 13.1. The summed E-state index contributed by atoms with van der Waals surface area (Å²) in [5, 5.41) is 4.28. The first-order chi connectivity index (χ1) is 11.0. The molecular formula is C17H16N2O3S. The van der Waals surface area contributed by atoms with Crippen molar-refractivity contribution in [3.63, 3.8) is 0 Å². The molecule has 0 unspecified atom stereocenters. The van der Waals surface area contributed by atoms with Crippen molar-refractivity contribution in [1.29, 1.82) is 0 Å². The normalized spacial score (nSPS) is 11.5. The number of benzene rings is 2. The molecule has 6 heteroatoms. The van der Waals surface area contributed by atoms with Crippen molar-refractivity contribution in [1.82, 2.24) is 4.98 Å². The molecule has 118 valence electrons. The van der Waals surface area contributed by atoms with Crippen molar-refractivity contribution in [2.75, 3.05) is 11.1 Å². The van der Waals surface area contributed by atoms with Gasteiger partial charge in [0.2, 0.25) is 0 Å². The number of nitrogens with one attached hydrogen (secondary N) is 1. The first kappa shape index (κ1) is 15.5. The van der Waals surface area contributed by atoms with Crippen molar-refractivity contribution in [2.45, 2.75) is 6.42 Å². The van der Waals surface area contributed by atoms with E-state index in [1.54, 1.807) is 0 Å². The Kier molecular flexibility index (Phi) is 4.27. The summed E-state index contributed by atoms with van der Waals surface area (Å²) in [4.78, 5) is 4.54. The van der Waals surface area contributed by atoms with E-state index in [4.69, 9.17) is 4.55 Å². The SMILES string of the molecule is O=S(=O)(O)CCc1cccc(Nc2ccc3ccccc3n2)c1. The zero-order valence-electron chi connectivity index (χ0n) is 12.3. The van der Waals surface area contributed by atoms with Crippen LogP contribution in [0.3, 0.4) is 0 Å². The first-order valence-corrected chi connectivity index (χ1v) is 8.77. The lowest BCUT2D eigenvalue weighted by atomic mass is 10.1. The maximum absolute atomic E-state index is 10.8. The van der Waals surface area contributed by atoms with E-state index in [2.05, 4.69) is 10.3 Å². The summed E-state index contributed by atoms with van der Waals surface area (Å²) in [6.07, 6.45) is 0.263. The van der Waals surface area contributed by atoms with E-state index >= 15 is 0 Å². The van der Waals surface area contributed by atoms with Gasteiger partial charge < -0.3 is 5.32 Å². The molecule has 2 aromatic carbocycles. The molecule has 0 bridgehead atoms. The highest BCUT2D eigenvalue weighted by Crippen LogP contribution is 2.20. The summed E-state index contributed by atoms with van der Waals surface area (Å²) < 4.78 is 30.5. The molecule has 0 amide bonds. The Morgan fingerprint density at radius 3 is 2.65 bits per heavy atom. The van der Waals surface area contributed by atoms with Gasteiger partial charge in [0.05, 0.1) is 11.3 Å². The number of nitrogens with zero attached hydrogens (tertiary/aromatic N) is 1. The smallest absolute Gasteiger partial charge is 0.265 e. The summed E-state index contributed by atoms with van der Waals surface area (Å²) >= 11 is 0. The lowest BCUT2D eigenvalue weighted by Gasteiger charge is -2.08. The molecule has 3 aromatic rings. The molecule has 0 fully saturated rings. The van der Waals surface area contributed by atoms with Gasteiger partial charge in [-0.1, -0.05) is 30.3 Å². The second kappa shape index (κ2) is 6.36. The third kappa shape index (κ3) is 4.28. The molecule has 0 radical (unpaired) electrons. The Bertz CT molecular complexity index is 939. The fourth-order valence-electron chi connectivity index (χ4n) is 2.33. The number of anilines is 2. The molecule has 0 saturated carbocycles. The van der Waals surface area contributed by atoms with Gasteiger partial charge in [0, 0.05) is 11.1 Å². The Labute approximate surface area is 134 Å². The molecule has 2 N–H and O–H groups in total. The van der Waals surface area contributed by atoms with E-state index in [0.29, 0.717) is 0 Å². The third-order valence-electron chi connectivity index (χ3n) is 3.45. The Morgan fingerprint density at radius 2 is 1.83 bits per heavy atom. The summed E-state index contributed by atoms with van der Waals surface area (Å²) in [7, 11) is -3.95. The molecule has 1 heterocycles. The van der Waals surface area contributed by atoms with E-state index in [1.165, 1.54) is 0 Å². The monoisotopic (exact) mass is 328 g/mol. The van der Waals surface area contributed by atoms with Gasteiger partial charge in [-0.25, -0.2) is 4.98 Å². The fourth-order valence-corrected chi connectivity index (χ4v) is 2.83. The summed E-state index contributed by atoms with van der Waals surface area (Å²) in [6, 6.07) is 19.1. The number of hydrogen-bond acceptors (Lipinski definition) is 4. The quantitative estimate of drug-likeness (QED) is 0.702. The fraction of sp³-hybridized carbons (Fsp3) is 0.118. The second-order valence-electron chi connectivity index (χ2n) is 5.25. The number of para-hydroxylation sites is 1. The Morgan fingerprint density at radius 1 is 1.00 bits per heavy atom. The average molecular weight is 328 g/mol. The van der Waals surface area contributed by atoms with Gasteiger partial charge in [0.15, 0.2) is 0 Å². The van der Waals surface area contributed by atoms with Crippen LogP contribution in [0.5, 0.6) is 0 Å². The summed E-state index contributed by atoms with van der Waals surface area (Å²) in [5.41, 5.74) is 2.55. The van der Waals surface area contributed by atoms with Gasteiger partial charge in [-0.2, -0.15) is 8.42 Å². The number of hydrogen-bond donors (Lipinski definition) is 2. The second-order valence-corrected chi connectivity index (χ2v) is 6.82. The van der Waals surface area contributed by atoms with Gasteiger partial charge in [0.25, 0.3) is 10.1 Å². The summed E-state index contributed by atoms with van der Waals surface area (Å²) in [6.45, 7) is 0. The van der Waals surface area contributed by atoms with Crippen molar-refractivity contribution in [3.8, 4) is 0 Å². The lowest BCUT2D eigenvalue weighted by Crippen LogP contribution is -2.06. The van der Waals surface area contributed by atoms with E-state index < -0.39 is 10.1 Å². The number of pyridine rings is 1. The van der Waals surface area contributed by atoms with E-state index in [0.717, 1.165) is 28.0 Å². The van der Waals surface area contributed by atoms with Gasteiger partial charge in [-0.3, -0.25) is 4.55 Å². The van der Waals surface area contributed by atoms with E-state index in [-0.39, 0.29) is 12.2 Å². The molecule has 0 atom stereocenters. The third-order valence-corrected chi connectivity index (χ3v) is 4.17. The number of aryl methyl sites for hydroxylation is 1. The molecule has 0 aliphatic rings. The predicted molar refractivity (Wildman–Crippen MR) is 91.6 cm³/mol. The van der Waals surface area contributed by atoms with Crippen LogP contribution in [0.4, 0.5) is 11.5 Å². The van der Waals surface area contributed by atoms with Crippen LogP contribution in [0.2, 0.25) is 0 Å². The van der Waals surface area contributed by atoms with Crippen LogP contribution in [-0.2, 0) is 16.5 Å². The number of rotatable bonds is 5. The van der Waals surface area contributed by atoms with Crippen LogP contribution < -0.4 is 5.32 Å². The van der Waals surface area contributed by atoms with Crippen molar-refractivity contribution in [3.05, 3.63) is 66.2 Å². The standard InChI is InChI=1S/C17H16N2O3S/c20-23(21,22)11-10-13-4-3-6-15(12-13)18-17-9-8-14-5-1-2-7-16(14)19-17/h1-9,12H,10-11H2,(H,18,19)(H,20,21,22). The van der Waals surface area contributed by atoms with Crippen LogP contribution >= 0.6 is 0 Å². The van der Waals surface area contributed by atoms with Crippen molar-refractivity contribution < 1.29 is 13.0 Å². The van der Waals surface area contributed by atoms with Crippen LogP contribution in [-0.4, -0.2) is 23.7 Å². The molecular weight excluding hydrogens is 312 g/mol. The Balaban J connectivity index is 1.78. The minimum absolute atomic E-state index is 0.263. The van der Waals surface area contributed by atoms with E-state index in [9.17, 15) is 8.42 Å². The highest BCUT2D eigenvalue weighted by Gasteiger charge is 2.06. The highest BCUT2D eigenvalue weighted by molar-refractivity contribution is 7.85. The van der Waals surface area contributed by atoms with Crippen LogP contribution in [0.25, 0.3) is 10.9 Å². The number of aromatic nitrogens is 1. The topological polar surface area (TPSA) is 79.3 Å². The molecule has 0 spiro atoms. The zero-order chi connectivity index (χ0) is 16.3. The largest absolute Gasteiger partial charge is 0.340 e. The molecule has 0 saturated heterocycles. The summed E-state index contributed by atoms with van der Waals surface area (Å²) in [5.74, 6) is 0.431. The van der Waals surface area contributed by atoms with Crippen molar-refractivity contribution in [2.24, 2.45) is 0 Å². The minimum Gasteiger partial charge on any atom is -0.340 e. The average Bonchev–Trinajstić information content (AvgIpc) is 2.53. The first-order valence-electron chi connectivity index (χ1n) is 7.16. The maximum Gasteiger partial charge on any atom is 0.265 e. The molecule has 0 aliphatic heterocycles. The Hall–Kier alpha value is -2.44. The van der Waals surface area contributed by atoms with Crippen LogP contribution in [0.15, 0.2) is 60.7 Å². The van der Waals surface area contributed by atoms with Crippen LogP contribution in [0.1, 0.15) is 5.56 Å². The lowest BCUT2D eigenvalue weighted by molar-refractivity contribution is 0.482. The molecule has 0 aliphatic carbocycles. The molecule has 23 heavy (non-hydrogen) atoms. The molecule has 3 rings (SSSR count). The van der Waals surface area contributed by atoms with Crippen molar-refractivity contribution >= 4 is 32.5 Å². The minimum atomic E-state index is -3.95. The number of fused-ring (bicyclic) bond motifs is 1. The maximum atomic E-state index is 10.8. The van der Waals surface area contributed by atoms with Gasteiger partial charge in [-0.15, -0.1) is 0 Å².